The number of nitrogens with zero attached hydrogens (tertiary/aromatic N) is 2. The SMILES string of the molecule is CC1CN(C(=O)[C@@H]2CC[C@H](C(=O)O)O2)CC(C)N1C. The number of amides is 1. The van der Waals surface area contributed by atoms with Gasteiger partial charge < -0.3 is 14.7 Å². The molecule has 0 radical (unpaired) electrons. The molecule has 1 amide bonds. The van der Waals surface area contributed by atoms with Crippen LogP contribution in [0.25, 0.3) is 0 Å². The molecule has 4 atom stereocenters. The predicted molar refractivity (Wildman–Crippen MR) is 68.8 cm³/mol. The molecule has 0 aliphatic carbocycles. The molecule has 2 fully saturated rings. The lowest BCUT2D eigenvalue weighted by molar-refractivity contribution is -0.156. The molecular weight excluding hydrogens is 248 g/mol. The Morgan fingerprint density at radius 3 is 2.11 bits per heavy atom. The van der Waals surface area contributed by atoms with Crippen molar-refractivity contribution >= 4 is 11.9 Å². The highest BCUT2D eigenvalue weighted by molar-refractivity contribution is 5.83. The van der Waals surface area contributed by atoms with E-state index in [9.17, 15) is 9.59 Å². The molecule has 2 rings (SSSR count). The van der Waals surface area contributed by atoms with Crippen LogP contribution in [0.3, 0.4) is 0 Å². The molecule has 6 nitrogen and oxygen atoms in total. The maximum atomic E-state index is 12.4. The van der Waals surface area contributed by atoms with Crippen LogP contribution in [-0.2, 0) is 14.3 Å². The average molecular weight is 270 g/mol. The third kappa shape index (κ3) is 2.90. The number of carboxylic acid groups (broad SMARTS) is 1. The first-order valence-corrected chi connectivity index (χ1v) is 6.79. The van der Waals surface area contributed by atoms with Gasteiger partial charge in [0.1, 0.15) is 6.10 Å². The van der Waals surface area contributed by atoms with E-state index in [1.165, 1.54) is 0 Å². The third-order valence-electron chi connectivity index (χ3n) is 4.24. The van der Waals surface area contributed by atoms with Crippen LogP contribution in [0, 0.1) is 0 Å². The molecule has 108 valence electrons. The number of carbonyl (C=O) groups is 2. The molecule has 0 saturated carbocycles. The lowest BCUT2D eigenvalue weighted by Gasteiger charge is -2.43. The number of hydrogen-bond donors (Lipinski definition) is 1. The molecule has 2 saturated heterocycles. The van der Waals surface area contributed by atoms with E-state index in [0.29, 0.717) is 38.0 Å². The monoisotopic (exact) mass is 270 g/mol. The largest absolute Gasteiger partial charge is 0.479 e. The van der Waals surface area contributed by atoms with Crippen LogP contribution in [0.4, 0.5) is 0 Å². The van der Waals surface area contributed by atoms with Crippen molar-refractivity contribution in [1.82, 2.24) is 9.80 Å². The van der Waals surface area contributed by atoms with Crippen molar-refractivity contribution in [2.45, 2.75) is 51.0 Å². The van der Waals surface area contributed by atoms with Gasteiger partial charge in [-0.05, 0) is 33.7 Å². The lowest BCUT2D eigenvalue weighted by atomic mass is 10.1. The molecule has 2 unspecified atom stereocenters. The molecule has 19 heavy (non-hydrogen) atoms. The van der Waals surface area contributed by atoms with Crippen molar-refractivity contribution in [3.8, 4) is 0 Å². The first-order chi connectivity index (χ1) is 8.90. The smallest absolute Gasteiger partial charge is 0.332 e. The zero-order chi connectivity index (χ0) is 14.2. The quantitative estimate of drug-likeness (QED) is 0.774. The second kappa shape index (κ2) is 5.46. The number of aliphatic carboxylic acids is 1. The number of ether oxygens (including phenoxy) is 1. The minimum Gasteiger partial charge on any atom is -0.479 e. The second-order valence-electron chi connectivity index (χ2n) is 5.64. The second-order valence-corrected chi connectivity index (χ2v) is 5.64. The van der Waals surface area contributed by atoms with Crippen LogP contribution in [0.5, 0.6) is 0 Å². The first-order valence-electron chi connectivity index (χ1n) is 6.79. The molecule has 0 aromatic heterocycles. The third-order valence-corrected chi connectivity index (χ3v) is 4.24. The Labute approximate surface area is 113 Å². The molecule has 1 N–H and O–H groups in total. The van der Waals surface area contributed by atoms with Gasteiger partial charge in [0.15, 0.2) is 6.10 Å². The number of carboxylic acids is 1. The van der Waals surface area contributed by atoms with E-state index in [2.05, 4.69) is 25.8 Å². The maximum Gasteiger partial charge on any atom is 0.332 e. The highest BCUT2D eigenvalue weighted by Gasteiger charge is 2.39. The lowest BCUT2D eigenvalue weighted by Crippen LogP contribution is -2.58. The van der Waals surface area contributed by atoms with Crippen molar-refractivity contribution in [3.05, 3.63) is 0 Å². The Balaban J connectivity index is 1.95. The minimum absolute atomic E-state index is 0.0597. The Morgan fingerprint density at radius 1 is 1.11 bits per heavy atom. The minimum atomic E-state index is -0.976. The average Bonchev–Trinajstić information content (AvgIpc) is 2.84. The van der Waals surface area contributed by atoms with Gasteiger partial charge in [-0.2, -0.15) is 0 Å². The van der Waals surface area contributed by atoms with Gasteiger partial charge >= 0.3 is 5.97 Å². The predicted octanol–water partition coefficient (Wildman–Crippen LogP) is 0.170. The topological polar surface area (TPSA) is 70.1 Å². The normalized spacial score (nSPS) is 36.5. The number of carbonyl (C=O) groups excluding carboxylic acids is 1. The zero-order valence-corrected chi connectivity index (χ0v) is 11.7. The summed E-state index contributed by atoms with van der Waals surface area (Å²) in [6.07, 6.45) is -0.477. The van der Waals surface area contributed by atoms with Crippen molar-refractivity contribution in [3.63, 3.8) is 0 Å². The summed E-state index contributed by atoms with van der Waals surface area (Å²) in [4.78, 5) is 27.3. The summed E-state index contributed by atoms with van der Waals surface area (Å²) in [5.74, 6) is -1.04. The van der Waals surface area contributed by atoms with Gasteiger partial charge in [-0.3, -0.25) is 9.69 Å². The van der Waals surface area contributed by atoms with Gasteiger partial charge in [0.05, 0.1) is 0 Å². The van der Waals surface area contributed by atoms with Gasteiger partial charge in [0.25, 0.3) is 5.91 Å². The van der Waals surface area contributed by atoms with E-state index in [1.54, 1.807) is 0 Å². The summed E-state index contributed by atoms with van der Waals surface area (Å²) < 4.78 is 5.33. The molecule has 6 heteroatoms. The number of likely N-dealkylation sites (N-methyl/N-ethyl adjacent to an activating group) is 1. The van der Waals surface area contributed by atoms with Gasteiger partial charge in [-0.1, -0.05) is 0 Å². The van der Waals surface area contributed by atoms with Crippen LogP contribution < -0.4 is 0 Å². The van der Waals surface area contributed by atoms with Gasteiger partial charge in [0.2, 0.25) is 0 Å². The van der Waals surface area contributed by atoms with Crippen molar-refractivity contribution < 1.29 is 19.4 Å². The van der Waals surface area contributed by atoms with Crippen LogP contribution in [0.15, 0.2) is 0 Å². The summed E-state index contributed by atoms with van der Waals surface area (Å²) in [6, 6.07) is 0.619. The van der Waals surface area contributed by atoms with E-state index < -0.39 is 18.2 Å². The Morgan fingerprint density at radius 2 is 1.63 bits per heavy atom. The number of hydrogen-bond acceptors (Lipinski definition) is 4. The van der Waals surface area contributed by atoms with Gasteiger partial charge in [-0.15, -0.1) is 0 Å². The molecule has 2 heterocycles. The van der Waals surface area contributed by atoms with Crippen LogP contribution in [0.1, 0.15) is 26.7 Å². The Bertz CT molecular complexity index is 362. The van der Waals surface area contributed by atoms with Crippen LogP contribution >= 0.6 is 0 Å². The fourth-order valence-electron chi connectivity index (χ4n) is 2.79. The summed E-state index contributed by atoms with van der Waals surface area (Å²) in [7, 11) is 2.06. The van der Waals surface area contributed by atoms with E-state index in [-0.39, 0.29) is 5.91 Å². The van der Waals surface area contributed by atoms with Crippen molar-refractivity contribution in [2.75, 3.05) is 20.1 Å². The molecule has 2 aliphatic heterocycles. The Kier molecular flexibility index (Phi) is 4.10. The van der Waals surface area contributed by atoms with Crippen molar-refractivity contribution in [1.29, 1.82) is 0 Å². The van der Waals surface area contributed by atoms with Crippen LogP contribution in [0.2, 0.25) is 0 Å². The van der Waals surface area contributed by atoms with Gasteiger partial charge in [0, 0.05) is 25.2 Å². The van der Waals surface area contributed by atoms with Crippen molar-refractivity contribution in [2.24, 2.45) is 0 Å². The van der Waals surface area contributed by atoms with E-state index in [0.717, 1.165) is 0 Å². The van der Waals surface area contributed by atoms with E-state index in [1.807, 2.05) is 4.90 Å². The summed E-state index contributed by atoms with van der Waals surface area (Å²) in [6.45, 7) is 5.53. The standard InChI is InChI=1S/C13H22N2O4/c1-8-6-15(7-9(2)14(8)3)12(16)10-4-5-11(19-10)13(17)18/h8-11H,4-7H2,1-3H3,(H,17,18)/t8?,9?,10-,11+/m0/s1. The Hall–Kier alpha value is -1.14. The van der Waals surface area contributed by atoms with E-state index in [4.69, 9.17) is 9.84 Å². The summed E-state index contributed by atoms with van der Waals surface area (Å²) in [5.41, 5.74) is 0. The van der Waals surface area contributed by atoms with Gasteiger partial charge in [-0.25, -0.2) is 4.79 Å². The fraction of sp³-hybridized carbons (Fsp3) is 0.846. The number of piperazine rings is 1. The maximum absolute atomic E-state index is 12.4. The summed E-state index contributed by atoms with van der Waals surface area (Å²) >= 11 is 0. The number of rotatable bonds is 2. The fourth-order valence-corrected chi connectivity index (χ4v) is 2.79. The zero-order valence-electron chi connectivity index (χ0n) is 11.7. The first kappa shape index (κ1) is 14.3. The molecule has 0 aromatic rings. The molecule has 2 aliphatic rings. The molecular formula is C13H22N2O4. The van der Waals surface area contributed by atoms with E-state index >= 15 is 0 Å². The van der Waals surface area contributed by atoms with Crippen LogP contribution in [-0.4, -0.2) is 71.2 Å². The highest BCUT2D eigenvalue weighted by Crippen LogP contribution is 2.23. The molecule has 0 bridgehead atoms. The summed E-state index contributed by atoms with van der Waals surface area (Å²) in [5, 5.41) is 8.89. The molecule has 0 aromatic carbocycles. The highest BCUT2D eigenvalue weighted by atomic mass is 16.5. The molecule has 0 spiro atoms.